The van der Waals surface area contributed by atoms with Gasteiger partial charge in [0.25, 0.3) is 0 Å². The first-order valence-electron chi connectivity index (χ1n) is 11.7. The minimum Gasteiger partial charge on any atom is -0.446 e. The summed E-state index contributed by atoms with van der Waals surface area (Å²) in [5, 5.41) is 8.96. The van der Waals surface area contributed by atoms with Crippen molar-refractivity contribution >= 4 is 12.0 Å². The zero-order valence-electron chi connectivity index (χ0n) is 19.2. The van der Waals surface area contributed by atoms with Gasteiger partial charge in [0.05, 0.1) is 18.0 Å². The van der Waals surface area contributed by atoms with Crippen LogP contribution in [0.15, 0.2) is 42.7 Å². The number of nitriles is 1. The van der Waals surface area contributed by atoms with E-state index in [-0.39, 0.29) is 24.3 Å². The van der Waals surface area contributed by atoms with E-state index in [0.29, 0.717) is 30.0 Å². The molecule has 3 aliphatic rings. The van der Waals surface area contributed by atoms with Crippen molar-refractivity contribution in [3.8, 4) is 6.07 Å². The summed E-state index contributed by atoms with van der Waals surface area (Å²) in [7, 11) is 0. The Kier molecular flexibility index (Phi) is 5.67. The van der Waals surface area contributed by atoms with E-state index in [4.69, 9.17) is 10.00 Å². The largest absolute Gasteiger partial charge is 0.446 e. The normalized spacial score (nSPS) is 24.6. The number of ether oxygens (including phenoxy) is 1. The maximum Gasteiger partial charge on any atom is 0.410 e. The second-order valence-corrected chi connectivity index (χ2v) is 9.94. The highest BCUT2D eigenvalue weighted by Gasteiger charge is 2.53. The van der Waals surface area contributed by atoms with Crippen LogP contribution in [0.25, 0.3) is 0 Å². The van der Waals surface area contributed by atoms with Crippen molar-refractivity contribution in [1.29, 1.82) is 5.26 Å². The Balaban J connectivity index is 1.08. The summed E-state index contributed by atoms with van der Waals surface area (Å²) < 4.78 is 5.86. The highest BCUT2D eigenvalue weighted by Crippen LogP contribution is 2.50. The van der Waals surface area contributed by atoms with Crippen LogP contribution in [0, 0.1) is 16.7 Å². The third-order valence-electron chi connectivity index (χ3n) is 7.13. The highest BCUT2D eigenvalue weighted by atomic mass is 16.6. The van der Waals surface area contributed by atoms with Gasteiger partial charge in [-0.25, -0.2) is 14.8 Å². The molecule has 2 saturated heterocycles. The van der Waals surface area contributed by atoms with E-state index in [0.717, 1.165) is 32.5 Å². The van der Waals surface area contributed by atoms with Crippen LogP contribution in [0.2, 0.25) is 0 Å². The van der Waals surface area contributed by atoms with Gasteiger partial charge in [-0.15, -0.1) is 0 Å². The minimum atomic E-state index is -0.214. The zero-order chi connectivity index (χ0) is 23.0. The average Bonchev–Trinajstić information content (AvgIpc) is 2.76. The lowest BCUT2D eigenvalue weighted by molar-refractivity contribution is -0.136. The third-order valence-corrected chi connectivity index (χ3v) is 7.13. The second-order valence-electron chi connectivity index (χ2n) is 9.94. The number of nitrogens with zero attached hydrogens (tertiary/aromatic N) is 6. The van der Waals surface area contributed by atoms with Crippen molar-refractivity contribution in [3.63, 3.8) is 0 Å². The molecule has 3 heterocycles. The van der Waals surface area contributed by atoms with Crippen molar-refractivity contribution in [2.75, 3.05) is 31.1 Å². The molecule has 1 aromatic heterocycles. The van der Waals surface area contributed by atoms with Crippen molar-refractivity contribution < 1.29 is 9.53 Å². The Hall–Kier alpha value is -3.18. The fraction of sp³-hybridized carbons (Fsp3) is 0.520. The van der Waals surface area contributed by atoms with E-state index < -0.39 is 0 Å². The summed E-state index contributed by atoms with van der Waals surface area (Å²) in [6.07, 6.45) is 4.82. The molecule has 0 N–H and O–H groups in total. The standard InChI is InChI=1S/C25H30N6O2/c1-18-13-30(14-19(2)31(18)23-27-11-21(10-26)12-28-23)24(32)33-22-8-25(9-22)16-29(17-25)15-20-6-4-3-5-7-20/h3-7,11-12,18-19,22H,8-9,13-17H2,1-2H3/t18-,19-/m1/s1. The molecule has 5 rings (SSSR count). The fourth-order valence-electron chi connectivity index (χ4n) is 5.70. The number of hydrogen-bond donors (Lipinski definition) is 0. The molecule has 1 saturated carbocycles. The quantitative estimate of drug-likeness (QED) is 0.713. The molecule has 8 nitrogen and oxygen atoms in total. The maximum atomic E-state index is 12.8. The van der Waals surface area contributed by atoms with Crippen molar-refractivity contribution in [1.82, 2.24) is 19.8 Å². The van der Waals surface area contributed by atoms with E-state index in [9.17, 15) is 4.79 Å². The molecule has 0 unspecified atom stereocenters. The average molecular weight is 447 g/mol. The van der Waals surface area contributed by atoms with Crippen LogP contribution in [-0.2, 0) is 11.3 Å². The first-order valence-corrected chi connectivity index (χ1v) is 11.7. The lowest BCUT2D eigenvalue weighted by atomic mass is 9.61. The molecule has 2 aliphatic heterocycles. The maximum absolute atomic E-state index is 12.8. The lowest BCUT2D eigenvalue weighted by Gasteiger charge is -2.58. The smallest absolute Gasteiger partial charge is 0.410 e. The first kappa shape index (κ1) is 21.7. The van der Waals surface area contributed by atoms with Crippen molar-refractivity contribution in [2.45, 2.75) is 51.4 Å². The highest BCUT2D eigenvalue weighted by molar-refractivity contribution is 5.68. The minimum absolute atomic E-state index is 0.0295. The Morgan fingerprint density at radius 3 is 2.36 bits per heavy atom. The second kappa shape index (κ2) is 8.64. The summed E-state index contributed by atoms with van der Waals surface area (Å²) in [5.41, 5.74) is 2.13. The van der Waals surface area contributed by atoms with Crippen LogP contribution < -0.4 is 4.90 Å². The number of aromatic nitrogens is 2. The van der Waals surface area contributed by atoms with E-state index in [2.05, 4.69) is 57.9 Å². The molecule has 2 atom stereocenters. The SMILES string of the molecule is C[C@@H]1CN(C(=O)OC2CC3(C2)CN(Cc2ccccc2)C3)C[C@@H](C)N1c1ncc(C#N)cn1. The predicted molar refractivity (Wildman–Crippen MR) is 123 cm³/mol. The summed E-state index contributed by atoms with van der Waals surface area (Å²) in [6.45, 7) is 8.43. The van der Waals surface area contributed by atoms with Gasteiger partial charge >= 0.3 is 6.09 Å². The number of piperazine rings is 1. The van der Waals surface area contributed by atoms with Crippen LogP contribution >= 0.6 is 0 Å². The molecule has 8 heteroatoms. The number of likely N-dealkylation sites (tertiary alicyclic amines) is 1. The lowest BCUT2D eigenvalue weighted by Crippen LogP contribution is -2.64. The zero-order valence-corrected chi connectivity index (χ0v) is 19.2. The van der Waals surface area contributed by atoms with Gasteiger partial charge in [-0.1, -0.05) is 30.3 Å². The molecule has 1 aromatic carbocycles. The summed E-state index contributed by atoms with van der Waals surface area (Å²) in [5.74, 6) is 0.591. The summed E-state index contributed by atoms with van der Waals surface area (Å²) in [6, 6.07) is 12.7. The van der Waals surface area contributed by atoms with E-state index in [1.165, 1.54) is 18.0 Å². The van der Waals surface area contributed by atoms with Crippen LogP contribution in [0.1, 0.15) is 37.8 Å². The van der Waals surface area contributed by atoms with Crippen LogP contribution in [0.4, 0.5) is 10.7 Å². The third kappa shape index (κ3) is 4.38. The molecule has 3 fully saturated rings. The summed E-state index contributed by atoms with van der Waals surface area (Å²) >= 11 is 0. The molecule has 2 aromatic rings. The fourth-order valence-corrected chi connectivity index (χ4v) is 5.70. The van der Waals surface area contributed by atoms with Crippen LogP contribution in [-0.4, -0.2) is 70.2 Å². The molecule has 0 radical (unpaired) electrons. The monoisotopic (exact) mass is 446 g/mol. The molecule has 1 aliphatic carbocycles. The van der Waals surface area contributed by atoms with E-state index in [1.54, 1.807) is 0 Å². The summed E-state index contributed by atoms with van der Waals surface area (Å²) in [4.78, 5) is 27.9. The van der Waals surface area contributed by atoms with Gasteiger partial charge in [0.15, 0.2) is 0 Å². The Morgan fingerprint density at radius 2 is 1.76 bits per heavy atom. The van der Waals surface area contributed by atoms with Gasteiger partial charge in [0.1, 0.15) is 12.2 Å². The number of anilines is 1. The van der Waals surface area contributed by atoms with E-state index >= 15 is 0 Å². The predicted octanol–water partition coefficient (Wildman–Crippen LogP) is 3.05. The molecule has 0 bridgehead atoms. The van der Waals surface area contributed by atoms with Gasteiger partial charge in [0, 0.05) is 50.2 Å². The number of rotatable bonds is 4. The topological polar surface area (TPSA) is 85.6 Å². The van der Waals surface area contributed by atoms with Crippen molar-refractivity contribution in [2.24, 2.45) is 5.41 Å². The number of carbonyl (C=O) groups excluding carboxylic acids is 1. The Labute approximate surface area is 194 Å². The molecule has 1 amide bonds. The van der Waals surface area contributed by atoms with Gasteiger partial charge in [-0.2, -0.15) is 5.26 Å². The molecule has 33 heavy (non-hydrogen) atoms. The Bertz CT molecular complexity index is 1010. The number of benzene rings is 1. The van der Waals surface area contributed by atoms with Gasteiger partial charge < -0.3 is 14.5 Å². The molecule has 1 spiro atoms. The number of amides is 1. The van der Waals surface area contributed by atoms with Gasteiger partial charge in [-0.3, -0.25) is 4.90 Å². The van der Waals surface area contributed by atoms with Crippen molar-refractivity contribution in [3.05, 3.63) is 53.9 Å². The molecule has 172 valence electrons. The number of carbonyl (C=O) groups is 1. The molecular weight excluding hydrogens is 416 g/mol. The van der Waals surface area contributed by atoms with Crippen LogP contribution in [0.5, 0.6) is 0 Å². The van der Waals surface area contributed by atoms with Crippen LogP contribution in [0.3, 0.4) is 0 Å². The van der Waals surface area contributed by atoms with Gasteiger partial charge in [0.2, 0.25) is 5.95 Å². The Morgan fingerprint density at radius 1 is 1.12 bits per heavy atom. The van der Waals surface area contributed by atoms with E-state index in [1.807, 2.05) is 17.0 Å². The number of hydrogen-bond acceptors (Lipinski definition) is 7. The first-order chi connectivity index (χ1) is 15.9. The van der Waals surface area contributed by atoms with Gasteiger partial charge in [-0.05, 0) is 32.3 Å². The molecular formula is C25H30N6O2.